The molecule has 2 aromatic rings. The zero-order valence-corrected chi connectivity index (χ0v) is 20.0. The predicted octanol–water partition coefficient (Wildman–Crippen LogP) is 4.18. The topological polar surface area (TPSA) is 57.9 Å². The quantitative estimate of drug-likeness (QED) is 0.508. The molecule has 1 amide bonds. The maximum absolute atomic E-state index is 13.5. The standard InChI is InChI=1S/C23H28N4O2S2/c1-5-16(4)27-22(29)18(31-23(27)30)11-17-20(25-12-14(2)10-15(3)13-25)24-19-8-6-7-9-26(19)21(17)28/h6-9,11,14-16H,5,10,12-13H2,1-4H3/b18-11-/t14-,15-,16-/m0/s1. The lowest BCUT2D eigenvalue weighted by atomic mass is 9.91. The van der Waals surface area contributed by atoms with Gasteiger partial charge in [-0.15, -0.1) is 0 Å². The van der Waals surface area contributed by atoms with Gasteiger partial charge in [0.25, 0.3) is 11.5 Å². The van der Waals surface area contributed by atoms with Gasteiger partial charge in [0, 0.05) is 25.3 Å². The predicted molar refractivity (Wildman–Crippen MR) is 131 cm³/mol. The first kappa shape index (κ1) is 22.0. The number of amides is 1. The molecule has 3 atom stereocenters. The third-order valence-electron chi connectivity index (χ3n) is 6.05. The summed E-state index contributed by atoms with van der Waals surface area (Å²) in [7, 11) is 0. The molecule has 6 nitrogen and oxygen atoms in total. The van der Waals surface area contributed by atoms with Gasteiger partial charge < -0.3 is 4.90 Å². The van der Waals surface area contributed by atoms with Crippen molar-refractivity contribution in [2.45, 2.75) is 46.6 Å². The maximum atomic E-state index is 13.5. The lowest BCUT2D eigenvalue weighted by Gasteiger charge is -2.36. The van der Waals surface area contributed by atoms with E-state index >= 15 is 0 Å². The van der Waals surface area contributed by atoms with E-state index in [0.29, 0.717) is 38.1 Å². The summed E-state index contributed by atoms with van der Waals surface area (Å²) in [5.74, 6) is 1.55. The minimum atomic E-state index is -0.166. The first-order valence-corrected chi connectivity index (χ1v) is 12.1. The number of hydrogen-bond acceptors (Lipinski definition) is 6. The third-order valence-corrected chi connectivity index (χ3v) is 7.38. The normalized spacial score (nSPS) is 24.5. The van der Waals surface area contributed by atoms with Crippen molar-refractivity contribution in [3.05, 3.63) is 45.2 Å². The molecule has 0 spiro atoms. The molecule has 0 saturated carbocycles. The van der Waals surface area contributed by atoms with Crippen molar-refractivity contribution in [1.29, 1.82) is 0 Å². The largest absolute Gasteiger partial charge is 0.355 e. The van der Waals surface area contributed by atoms with Crippen LogP contribution in [-0.4, -0.2) is 43.6 Å². The summed E-state index contributed by atoms with van der Waals surface area (Å²) in [6.07, 6.45) is 5.40. The fourth-order valence-corrected chi connectivity index (χ4v) is 5.91. The molecule has 2 aliphatic heterocycles. The Morgan fingerprint density at radius 2 is 1.97 bits per heavy atom. The minimum Gasteiger partial charge on any atom is -0.355 e. The van der Waals surface area contributed by atoms with Crippen LogP contribution in [0, 0.1) is 11.8 Å². The van der Waals surface area contributed by atoms with Crippen molar-refractivity contribution >= 4 is 51.7 Å². The fraction of sp³-hybridized carbons (Fsp3) is 0.478. The average Bonchev–Trinajstić information content (AvgIpc) is 3.01. The molecule has 2 aliphatic rings. The van der Waals surface area contributed by atoms with Crippen LogP contribution in [0.1, 0.15) is 46.1 Å². The molecule has 0 N–H and O–H groups in total. The number of hydrogen-bond donors (Lipinski definition) is 0. The Bertz CT molecular complexity index is 1120. The summed E-state index contributed by atoms with van der Waals surface area (Å²) in [4.78, 5) is 35.8. The second kappa shape index (κ2) is 8.74. The van der Waals surface area contributed by atoms with E-state index in [1.54, 1.807) is 21.6 Å². The number of piperidine rings is 1. The Balaban J connectivity index is 1.86. The lowest BCUT2D eigenvalue weighted by Crippen LogP contribution is -2.40. The van der Waals surface area contributed by atoms with Crippen LogP contribution in [-0.2, 0) is 4.79 Å². The van der Waals surface area contributed by atoms with Crippen LogP contribution < -0.4 is 10.5 Å². The summed E-state index contributed by atoms with van der Waals surface area (Å²) >= 11 is 6.74. The Labute approximate surface area is 192 Å². The molecule has 164 valence electrons. The van der Waals surface area contributed by atoms with E-state index in [1.165, 1.54) is 11.8 Å². The van der Waals surface area contributed by atoms with Crippen LogP contribution in [0.15, 0.2) is 34.1 Å². The summed E-state index contributed by atoms with van der Waals surface area (Å²) in [6.45, 7) is 10.2. The molecule has 0 aliphatic carbocycles. The van der Waals surface area contributed by atoms with Gasteiger partial charge in [-0.25, -0.2) is 4.98 Å². The van der Waals surface area contributed by atoms with Gasteiger partial charge in [-0.1, -0.05) is 50.8 Å². The van der Waals surface area contributed by atoms with Crippen LogP contribution >= 0.6 is 24.0 Å². The van der Waals surface area contributed by atoms with E-state index in [4.69, 9.17) is 17.2 Å². The van der Waals surface area contributed by atoms with Gasteiger partial charge in [0.15, 0.2) is 0 Å². The molecule has 0 unspecified atom stereocenters. The number of fused-ring (bicyclic) bond motifs is 1. The van der Waals surface area contributed by atoms with Gasteiger partial charge in [0.05, 0.1) is 10.5 Å². The van der Waals surface area contributed by atoms with E-state index in [0.717, 1.165) is 25.9 Å². The molecule has 2 aromatic heterocycles. The Hall–Kier alpha value is -2.19. The second-order valence-corrected chi connectivity index (χ2v) is 10.4. The van der Waals surface area contributed by atoms with Crippen molar-refractivity contribution in [2.24, 2.45) is 11.8 Å². The SMILES string of the molecule is CC[C@H](C)N1C(=O)/C(=C/c2c(N3C[C@@H](C)C[C@H](C)C3)nc3ccccn3c2=O)SC1=S. The molecule has 0 bridgehead atoms. The number of thiocarbonyl (C=S) groups is 1. The molecule has 0 radical (unpaired) electrons. The number of thioether (sulfide) groups is 1. The molecule has 4 heterocycles. The van der Waals surface area contributed by atoms with E-state index < -0.39 is 0 Å². The van der Waals surface area contributed by atoms with Crippen LogP contribution in [0.25, 0.3) is 11.7 Å². The average molecular weight is 457 g/mol. The van der Waals surface area contributed by atoms with Gasteiger partial charge in [0.2, 0.25) is 0 Å². The summed E-state index contributed by atoms with van der Waals surface area (Å²) < 4.78 is 2.09. The zero-order chi connectivity index (χ0) is 22.3. The van der Waals surface area contributed by atoms with Gasteiger partial charge in [-0.05, 0) is 49.8 Å². The van der Waals surface area contributed by atoms with Gasteiger partial charge in [0.1, 0.15) is 15.8 Å². The van der Waals surface area contributed by atoms with Crippen LogP contribution in [0.4, 0.5) is 5.82 Å². The highest BCUT2D eigenvalue weighted by molar-refractivity contribution is 8.26. The van der Waals surface area contributed by atoms with Gasteiger partial charge in [-0.2, -0.15) is 0 Å². The first-order valence-electron chi connectivity index (χ1n) is 10.8. The molecule has 4 rings (SSSR count). The smallest absolute Gasteiger partial charge is 0.267 e. The van der Waals surface area contributed by atoms with Crippen LogP contribution in [0.3, 0.4) is 0 Å². The molecular weight excluding hydrogens is 428 g/mol. The fourth-order valence-electron chi connectivity index (χ4n) is 4.47. The lowest BCUT2D eigenvalue weighted by molar-refractivity contribution is -0.123. The highest BCUT2D eigenvalue weighted by Crippen LogP contribution is 2.36. The van der Waals surface area contributed by atoms with E-state index in [2.05, 4.69) is 18.7 Å². The van der Waals surface area contributed by atoms with Gasteiger partial charge in [-0.3, -0.25) is 18.9 Å². The van der Waals surface area contributed by atoms with E-state index in [-0.39, 0.29) is 17.5 Å². The summed E-state index contributed by atoms with van der Waals surface area (Å²) in [6, 6.07) is 5.56. The molecule has 2 fully saturated rings. The Kier molecular flexibility index (Phi) is 6.21. The third kappa shape index (κ3) is 4.15. The summed E-state index contributed by atoms with van der Waals surface area (Å²) in [5.41, 5.74) is 0.896. The monoisotopic (exact) mass is 456 g/mol. The minimum absolute atomic E-state index is 0.0255. The van der Waals surface area contributed by atoms with Crippen molar-refractivity contribution in [3.8, 4) is 0 Å². The number of nitrogens with zero attached hydrogens (tertiary/aromatic N) is 4. The molecule has 0 aromatic carbocycles. The number of carbonyl (C=O) groups is 1. The summed E-state index contributed by atoms with van der Waals surface area (Å²) in [5, 5.41) is 0. The van der Waals surface area contributed by atoms with Crippen LogP contribution in [0.2, 0.25) is 0 Å². The second-order valence-electron chi connectivity index (χ2n) is 8.74. The Morgan fingerprint density at radius 1 is 1.26 bits per heavy atom. The molecule has 8 heteroatoms. The van der Waals surface area contributed by atoms with Crippen LogP contribution in [0.5, 0.6) is 0 Å². The van der Waals surface area contributed by atoms with E-state index in [9.17, 15) is 9.59 Å². The van der Waals surface area contributed by atoms with Crippen molar-refractivity contribution in [2.75, 3.05) is 18.0 Å². The highest BCUT2D eigenvalue weighted by Gasteiger charge is 2.35. The van der Waals surface area contributed by atoms with Crippen molar-refractivity contribution in [1.82, 2.24) is 14.3 Å². The van der Waals surface area contributed by atoms with Gasteiger partial charge >= 0.3 is 0 Å². The van der Waals surface area contributed by atoms with Crippen molar-refractivity contribution in [3.63, 3.8) is 0 Å². The first-order chi connectivity index (χ1) is 14.8. The number of carbonyl (C=O) groups excluding carboxylic acids is 1. The maximum Gasteiger partial charge on any atom is 0.267 e. The number of rotatable bonds is 4. The Morgan fingerprint density at radius 3 is 2.65 bits per heavy atom. The number of aromatic nitrogens is 2. The highest BCUT2D eigenvalue weighted by atomic mass is 32.2. The molecular formula is C23H28N4O2S2. The molecule has 31 heavy (non-hydrogen) atoms. The zero-order valence-electron chi connectivity index (χ0n) is 18.4. The molecule has 2 saturated heterocycles. The number of pyridine rings is 1. The van der Waals surface area contributed by atoms with Crippen molar-refractivity contribution < 1.29 is 4.79 Å². The number of anilines is 1. The van der Waals surface area contributed by atoms with E-state index in [1.807, 2.05) is 32.0 Å².